The number of aryl methyl sites for hydroxylation is 2. The van der Waals surface area contributed by atoms with Crippen molar-refractivity contribution in [2.45, 2.75) is 45.6 Å². The topological polar surface area (TPSA) is 37.4 Å². The van der Waals surface area contributed by atoms with Gasteiger partial charge in [-0.05, 0) is 47.9 Å². The van der Waals surface area contributed by atoms with Gasteiger partial charge in [0.2, 0.25) is 0 Å². The highest BCUT2D eigenvalue weighted by molar-refractivity contribution is 6.13. The number of fused-ring (bicyclic) bond motifs is 1. The zero-order chi connectivity index (χ0) is 14.3. The van der Waals surface area contributed by atoms with Crippen LogP contribution in [0, 0.1) is 0 Å². The van der Waals surface area contributed by atoms with Crippen molar-refractivity contribution in [2.75, 3.05) is 0 Å². The molecule has 1 aliphatic heterocycles. The average molecular weight is 269 g/mol. The van der Waals surface area contributed by atoms with E-state index in [0.29, 0.717) is 0 Å². The van der Waals surface area contributed by atoms with Crippen molar-refractivity contribution in [3.63, 3.8) is 0 Å². The van der Waals surface area contributed by atoms with Gasteiger partial charge >= 0.3 is 0 Å². The molecule has 1 atom stereocenters. The van der Waals surface area contributed by atoms with Crippen LogP contribution in [0.2, 0.25) is 0 Å². The Kier molecular flexibility index (Phi) is 3.20. The lowest BCUT2D eigenvalue weighted by molar-refractivity contribution is -0.139. The van der Waals surface area contributed by atoms with E-state index in [-0.39, 0.29) is 17.9 Å². The van der Waals surface area contributed by atoms with Crippen molar-refractivity contribution >= 4 is 11.8 Å². The second-order valence-electron chi connectivity index (χ2n) is 5.46. The molecular formula is C17H19NO2. The van der Waals surface area contributed by atoms with E-state index in [1.54, 1.807) is 0 Å². The van der Waals surface area contributed by atoms with Crippen LogP contribution in [0.25, 0.3) is 0 Å². The Hall–Kier alpha value is -1.90. The molecular weight excluding hydrogens is 250 g/mol. The second kappa shape index (κ2) is 4.89. The van der Waals surface area contributed by atoms with Crippen LogP contribution in [-0.2, 0) is 28.9 Å². The van der Waals surface area contributed by atoms with Crippen LogP contribution in [-0.4, -0.2) is 16.7 Å². The Morgan fingerprint density at radius 2 is 1.80 bits per heavy atom. The number of hydrogen-bond acceptors (Lipinski definition) is 2. The highest BCUT2D eigenvalue weighted by Crippen LogP contribution is 2.39. The summed E-state index contributed by atoms with van der Waals surface area (Å²) in [5.74, 6) is -0.347. The molecule has 3 heteroatoms. The molecule has 2 amide bonds. The highest BCUT2D eigenvalue weighted by Gasteiger charge is 2.36. The quantitative estimate of drug-likeness (QED) is 0.791. The van der Waals surface area contributed by atoms with Gasteiger partial charge in [0.05, 0.1) is 6.04 Å². The zero-order valence-electron chi connectivity index (χ0n) is 12.0. The molecule has 0 saturated heterocycles. The minimum absolute atomic E-state index is 0.0724. The Balaban J connectivity index is 2.05. The Morgan fingerprint density at radius 3 is 2.40 bits per heavy atom. The molecule has 0 fully saturated rings. The number of nitrogens with zero attached hydrogens (tertiary/aromatic N) is 1. The van der Waals surface area contributed by atoms with E-state index in [1.807, 2.05) is 0 Å². The fourth-order valence-electron chi connectivity index (χ4n) is 3.37. The fraction of sp³-hybridized carbons (Fsp3) is 0.412. The Morgan fingerprint density at radius 1 is 1.10 bits per heavy atom. The maximum absolute atomic E-state index is 11.9. The molecule has 0 radical (unpaired) electrons. The molecule has 1 aliphatic carbocycles. The summed E-state index contributed by atoms with van der Waals surface area (Å²) < 4.78 is 0. The third-order valence-corrected chi connectivity index (χ3v) is 4.41. The predicted molar refractivity (Wildman–Crippen MR) is 77.3 cm³/mol. The molecule has 0 unspecified atom stereocenters. The summed E-state index contributed by atoms with van der Waals surface area (Å²) in [7, 11) is 0. The van der Waals surface area contributed by atoms with E-state index in [2.05, 4.69) is 26.0 Å². The first-order valence-electron chi connectivity index (χ1n) is 7.35. The lowest BCUT2D eigenvalue weighted by atomic mass is 9.95. The first-order valence-corrected chi connectivity index (χ1v) is 7.35. The number of amides is 2. The third-order valence-electron chi connectivity index (χ3n) is 4.41. The molecule has 0 spiro atoms. The minimum atomic E-state index is -0.173. The largest absolute Gasteiger partial charge is 0.269 e. The number of hydrogen-bond donors (Lipinski definition) is 0. The van der Waals surface area contributed by atoms with Crippen molar-refractivity contribution in [3.8, 4) is 0 Å². The third kappa shape index (κ3) is 1.89. The van der Waals surface area contributed by atoms with Crippen LogP contribution in [0.15, 0.2) is 24.3 Å². The monoisotopic (exact) mass is 269 g/mol. The molecule has 104 valence electrons. The predicted octanol–water partition coefficient (Wildman–Crippen LogP) is 2.72. The SMILES string of the molecule is CCc1cc(CC)c2c(c1)[C@@H](N1C(=O)C=CC1=O)CC2. The Bertz CT molecular complexity index is 598. The summed E-state index contributed by atoms with van der Waals surface area (Å²) in [5.41, 5.74) is 5.20. The van der Waals surface area contributed by atoms with E-state index < -0.39 is 0 Å². The summed E-state index contributed by atoms with van der Waals surface area (Å²) in [5, 5.41) is 0. The van der Waals surface area contributed by atoms with Crippen LogP contribution in [0.3, 0.4) is 0 Å². The molecule has 0 saturated carbocycles. The van der Waals surface area contributed by atoms with Crippen molar-refractivity contribution in [3.05, 3.63) is 46.5 Å². The van der Waals surface area contributed by atoms with Gasteiger partial charge in [0.25, 0.3) is 11.8 Å². The lowest BCUT2D eigenvalue weighted by Crippen LogP contribution is -2.33. The van der Waals surface area contributed by atoms with Gasteiger partial charge < -0.3 is 0 Å². The molecule has 1 aromatic rings. The minimum Gasteiger partial charge on any atom is -0.269 e. The van der Waals surface area contributed by atoms with Crippen LogP contribution in [0.1, 0.15) is 48.6 Å². The average Bonchev–Trinajstić information content (AvgIpc) is 3.01. The normalized spacial score (nSPS) is 20.9. The molecule has 2 aliphatic rings. The lowest BCUT2D eigenvalue weighted by Gasteiger charge is -2.23. The summed E-state index contributed by atoms with van der Waals surface area (Å²) in [4.78, 5) is 25.2. The van der Waals surface area contributed by atoms with Crippen molar-refractivity contribution in [2.24, 2.45) is 0 Å². The number of imide groups is 1. The van der Waals surface area contributed by atoms with E-state index in [1.165, 1.54) is 39.3 Å². The van der Waals surface area contributed by atoms with Gasteiger partial charge in [-0.15, -0.1) is 0 Å². The van der Waals surface area contributed by atoms with Gasteiger partial charge in [-0.25, -0.2) is 0 Å². The summed E-state index contributed by atoms with van der Waals surface area (Å²) >= 11 is 0. The summed E-state index contributed by atoms with van der Waals surface area (Å²) in [6.07, 6.45) is 6.56. The van der Waals surface area contributed by atoms with Crippen LogP contribution in [0.4, 0.5) is 0 Å². The van der Waals surface area contributed by atoms with Gasteiger partial charge in [-0.2, -0.15) is 0 Å². The van der Waals surface area contributed by atoms with E-state index in [9.17, 15) is 9.59 Å². The van der Waals surface area contributed by atoms with Gasteiger partial charge in [0, 0.05) is 12.2 Å². The second-order valence-corrected chi connectivity index (χ2v) is 5.46. The maximum atomic E-state index is 11.9. The molecule has 0 N–H and O–H groups in total. The highest BCUT2D eigenvalue weighted by atomic mass is 16.2. The van der Waals surface area contributed by atoms with E-state index in [0.717, 1.165) is 25.7 Å². The van der Waals surface area contributed by atoms with E-state index in [4.69, 9.17) is 0 Å². The number of carbonyl (C=O) groups excluding carboxylic acids is 2. The number of rotatable bonds is 3. The molecule has 0 aromatic heterocycles. The smallest absolute Gasteiger partial charge is 0.254 e. The van der Waals surface area contributed by atoms with E-state index >= 15 is 0 Å². The fourth-order valence-corrected chi connectivity index (χ4v) is 3.37. The first-order chi connectivity index (χ1) is 9.65. The number of benzene rings is 1. The standard InChI is InChI=1S/C17H19NO2/c1-3-11-9-12(4-2)13-5-6-15(14(13)10-11)18-16(19)7-8-17(18)20/h7-10,15H,3-6H2,1-2H3/t15-/m0/s1. The summed E-state index contributed by atoms with van der Waals surface area (Å²) in [6, 6.07) is 4.38. The molecule has 1 heterocycles. The first kappa shape index (κ1) is 13.1. The molecule has 1 aromatic carbocycles. The van der Waals surface area contributed by atoms with Gasteiger partial charge in [0.15, 0.2) is 0 Å². The summed E-state index contributed by atoms with van der Waals surface area (Å²) in [6.45, 7) is 4.30. The maximum Gasteiger partial charge on any atom is 0.254 e. The molecule has 3 rings (SSSR count). The molecule has 3 nitrogen and oxygen atoms in total. The van der Waals surface area contributed by atoms with Crippen LogP contribution in [0.5, 0.6) is 0 Å². The van der Waals surface area contributed by atoms with Gasteiger partial charge in [-0.3, -0.25) is 14.5 Å². The van der Waals surface area contributed by atoms with Gasteiger partial charge in [-0.1, -0.05) is 26.0 Å². The van der Waals surface area contributed by atoms with Gasteiger partial charge in [0.1, 0.15) is 0 Å². The number of carbonyl (C=O) groups is 2. The van der Waals surface area contributed by atoms with Crippen LogP contribution < -0.4 is 0 Å². The van der Waals surface area contributed by atoms with Crippen molar-refractivity contribution < 1.29 is 9.59 Å². The molecule has 20 heavy (non-hydrogen) atoms. The Labute approximate surface area is 119 Å². The van der Waals surface area contributed by atoms with Crippen LogP contribution >= 0.6 is 0 Å². The molecule has 0 bridgehead atoms. The van der Waals surface area contributed by atoms with Crippen molar-refractivity contribution in [1.29, 1.82) is 0 Å². The van der Waals surface area contributed by atoms with Crippen molar-refractivity contribution in [1.82, 2.24) is 4.90 Å². The zero-order valence-corrected chi connectivity index (χ0v) is 12.0.